The SMILES string of the molecule is CCCc1nnc(-c2cc(Oc3cccnc3)ccc2B(O)O)o1.CCCc1nnc(-c2cc(Oc3cccnc3)ccc2Br)o1.O=C(O)c1cc(Oc2cccnc2)ccc1Br. The number of hydrogen-bond donors (Lipinski definition) is 3. The monoisotopic (exact) mass is 977 g/mol. The van der Waals surface area contributed by atoms with Gasteiger partial charge in [-0.1, -0.05) is 19.9 Å². The van der Waals surface area contributed by atoms with E-state index < -0.39 is 13.1 Å². The standard InChI is InChI=1S/C16H16BN3O4.C16H14BrN3O2.C12H8BrNO3/c1-2-4-15-19-20-16(24-15)13-9-11(6-7-14(13)17(21)22)23-12-5-3-8-18-10-12;1-2-4-15-19-20-16(22-15)13-9-11(6-7-14(13)17)21-12-5-3-8-18-10-12;13-11-4-3-8(6-10(11)12(15)16)17-9-2-1-5-14-7-9/h3,5-10,21-22H,2,4H2,1H3;3,5-10H,2,4H2,1H3;1-7H,(H,15,16). The molecule has 16 nitrogen and oxygen atoms in total. The first-order valence-corrected chi connectivity index (χ1v) is 20.9. The topological polar surface area (TPSA) is 222 Å². The highest BCUT2D eigenvalue weighted by molar-refractivity contribution is 9.10. The molecule has 0 spiro atoms. The van der Waals surface area contributed by atoms with Crippen LogP contribution in [0, 0.1) is 0 Å². The highest BCUT2D eigenvalue weighted by Gasteiger charge is 2.22. The van der Waals surface area contributed by atoms with Gasteiger partial charge in [0.15, 0.2) is 0 Å². The molecule has 63 heavy (non-hydrogen) atoms. The molecule has 3 N–H and O–H groups in total. The maximum absolute atomic E-state index is 10.9. The summed E-state index contributed by atoms with van der Waals surface area (Å²) in [7, 11) is -1.66. The highest BCUT2D eigenvalue weighted by atomic mass is 79.9. The van der Waals surface area contributed by atoms with Crippen LogP contribution in [0.25, 0.3) is 22.9 Å². The van der Waals surface area contributed by atoms with Crippen molar-refractivity contribution in [2.45, 2.75) is 39.5 Å². The Morgan fingerprint density at radius 2 is 1.03 bits per heavy atom. The molecule has 0 aliphatic heterocycles. The Kier molecular flexibility index (Phi) is 16.6. The van der Waals surface area contributed by atoms with Crippen molar-refractivity contribution in [3.63, 3.8) is 0 Å². The van der Waals surface area contributed by atoms with Crippen LogP contribution in [0.4, 0.5) is 0 Å². The van der Waals surface area contributed by atoms with E-state index >= 15 is 0 Å². The summed E-state index contributed by atoms with van der Waals surface area (Å²) in [6, 6.07) is 25.9. The summed E-state index contributed by atoms with van der Waals surface area (Å²) in [6.07, 6.45) is 13.1. The zero-order valence-electron chi connectivity index (χ0n) is 33.7. The van der Waals surface area contributed by atoms with E-state index in [0.29, 0.717) is 68.6 Å². The van der Waals surface area contributed by atoms with Crippen molar-refractivity contribution in [2.24, 2.45) is 0 Å². The molecule has 320 valence electrons. The number of benzene rings is 3. The second-order valence-electron chi connectivity index (χ2n) is 13.1. The number of aromatic carboxylic acids is 1. The minimum absolute atomic E-state index is 0.159. The second kappa shape index (κ2) is 22.9. The van der Waals surface area contributed by atoms with Crippen molar-refractivity contribution in [1.82, 2.24) is 35.3 Å². The third kappa shape index (κ3) is 13.3. The van der Waals surface area contributed by atoms with Gasteiger partial charge < -0.3 is 38.2 Å². The van der Waals surface area contributed by atoms with Crippen LogP contribution in [0.5, 0.6) is 34.5 Å². The maximum Gasteiger partial charge on any atom is 0.489 e. The number of nitrogens with zero attached hydrogens (tertiary/aromatic N) is 7. The number of halogens is 2. The number of carbonyl (C=O) groups is 1. The Balaban J connectivity index is 0.000000160. The molecule has 0 aliphatic rings. The second-order valence-corrected chi connectivity index (χ2v) is 14.8. The average Bonchev–Trinajstić information content (AvgIpc) is 3.97. The van der Waals surface area contributed by atoms with Gasteiger partial charge in [-0.3, -0.25) is 15.0 Å². The van der Waals surface area contributed by atoms with Gasteiger partial charge in [0.25, 0.3) is 0 Å². The van der Waals surface area contributed by atoms with Crippen molar-refractivity contribution in [1.29, 1.82) is 0 Å². The van der Waals surface area contributed by atoms with Crippen LogP contribution in [0.1, 0.15) is 48.8 Å². The van der Waals surface area contributed by atoms with E-state index in [4.69, 9.17) is 28.2 Å². The zero-order chi connectivity index (χ0) is 44.6. The van der Waals surface area contributed by atoms with Crippen LogP contribution >= 0.6 is 31.9 Å². The Hall–Kier alpha value is -6.80. The molecule has 0 atom stereocenters. The molecule has 0 unspecified atom stereocenters. The van der Waals surface area contributed by atoms with E-state index in [1.54, 1.807) is 91.8 Å². The molecule has 0 fully saturated rings. The summed E-state index contributed by atoms with van der Waals surface area (Å²) in [6.45, 7) is 4.08. The number of hydrogen-bond acceptors (Lipinski definition) is 15. The van der Waals surface area contributed by atoms with Crippen LogP contribution in [-0.2, 0) is 12.8 Å². The fourth-order valence-electron chi connectivity index (χ4n) is 5.46. The lowest BCUT2D eigenvalue weighted by atomic mass is 9.77. The van der Waals surface area contributed by atoms with Gasteiger partial charge in [0.2, 0.25) is 23.6 Å². The smallest absolute Gasteiger partial charge is 0.478 e. The number of rotatable bonds is 14. The van der Waals surface area contributed by atoms with Crippen LogP contribution in [0.3, 0.4) is 0 Å². The van der Waals surface area contributed by atoms with Gasteiger partial charge >= 0.3 is 13.1 Å². The third-order valence-corrected chi connectivity index (χ3v) is 9.72. The van der Waals surface area contributed by atoms with E-state index in [0.717, 1.165) is 29.3 Å². The first-order chi connectivity index (χ1) is 30.6. The summed E-state index contributed by atoms with van der Waals surface area (Å²) in [4.78, 5) is 22.8. The van der Waals surface area contributed by atoms with E-state index in [1.807, 2.05) is 37.3 Å². The van der Waals surface area contributed by atoms with Crippen molar-refractivity contribution < 1.29 is 43.0 Å². The summed E-state index contributed by atoms with van der Waals surface area (Å²) in [5, 5.41) is 44.2. The van der Waals surface area contributed by atoms with Gasteiger partial charge in [0.05, 0.1) is 29.7 Å². The van der Waals surface area contributed by atoms with Gasteiger partial charge in [-0.2, -0.15) is 0 Å². The molecule has 8 aromatic rings. The highest BCUT2D eigenvalue weighted by Crippen LogP contribution is 2.33. The van der Waals surface area contributed by atoms with Crippen LogP contribution < -0.4 is 19.7 Å². The van der Waals surface area contributed by atoms with Gasteiger partial charge in [0.1, 0.15) is 34.5 Å². The molecule has 0 radical (unpaired) electrons. The lowest BCUT2D eigenvalue weighted by molar-refractivity contribution is 0.0695. The van der Waals surface area contributed by atoms with Gasteiger partial charge in [-0.15, -0.1) is 20.4 Å². The number of carboxylic acid groups (broad SMARTS) is 1. The minimum Gasteiger partial charge on any atom is -0.478 e. The molecule has 19 heteroatoms. The Morgan fingerprint density at radius 1 is 0.587 bits per heavy atom. The fraction of sp³-hybridized carbons (Fsp3) is 0.136. The number of pyridine rings is 3. The van der Waals surface area contributed by atoms with Crippen LogP contribution in [-0.4, -0.2) is 63.6 Å². The van der Waals surface area contributed by atoms with Gasteiger partial charge in [-0.05, 0) is 135 Å². The zero-order valence-corrected chi connectivity index (χ0v) is 36.9. The molecule has 3 aromatic carbocycles. The van der Waals surface area contributed by atoms with E-state index in [-0.39, 0.29) is 16.9 Å². The summed E-state index contributed by atoms with van der Waals surface area (Å²) >= 11 is 6.67. The number of aromatic nitrogens is 7. The molecular weight excluding hydrogens is 941 g/mol. The summed E-state index contributed by atoms with van der Waals surface area (Å²) in [5.74, 6) is 4.28. The van der Waals surface area contributed by atoms with E-state index in [1.165, 1.54) is 6.07 Å². The number of carboxylic acids is 1. The number of aryl methyl sites for hydroxylation is 2. The third-order valence-electron chi connectivity index (χ3n) is 8.34. The van der Waals surface area contributed by atoms with Crippen LogP contribution in [0.2, 0.25) is 0 Å². The minimum atomic E-state index is -1.66. The predicted molar refractivity (Wildman–Crippen MR) is 239 cm³/mol. The summed E-state index contributed by atoms with van der Waals surface area (Å²) < 4.78 is 29.6. The molecule has 0 saturated carbocycles. The fourth-order valence-corrected chi connectivity index (χ4v) is 6.29. The van der Waals surface area contributed by atoms with Crippen molar-refractivity contribution >= 4 is 50.4 Å². The van der Waals surface area contributed by atoms with Crippen molar-refractivity contribution in [3.8, 4) is 57.4 Å². The molecule has 0 amide bonds. The quantitative estimate of drug-likeness (QED) is 0.0863. The Labute approximate surface area is 378 Å². The molecule has 5 aromatic heterocycles. The molecule has 0 saturated heterocycles. The molecule has 0 bridgehead atoms. The normalized spacial score (nSPS) is 10.4. The molecule has 8 rings (SSSR count). The van der Waals surface area contributed by atoms with E-state index in [2.05, 4.69) is 74.1 Å². The Morgan fingerprint density at radius 3 is 1.48 bits per heavy atom. The Bertz CT molecular complexity index is 2690. The summed E-state index contributed by atoms with van der Waals surface area (Å²) in [5.41, 5.74) is 1.64. The largest absolute Gasteiger partial charge is 0.489 e. The lowest BCUT2D eigenvalue weighted by Gasteiger charge is -2.09. The molecule has 0 aliphatic carbocycles. The van der Waals surface area contributed by atoms with Crippen LogP contribution in [0.15, 0.2) is 146 Å². The average molecular weight is 979 g/mol. The molecular formula is C44H38BBr2N7O9. The van der Waals surface area contributed by atoms with Gasteiger partial charge in [-0.25, -0.2) is 4.79 Å². The number of ether oxygens (including phenoxy) is 3. The lowest BCUT2D eigenvalue weighted by Crippen LogP contribution is -2.31. The van der Waals surface area contributed by atoms with Crippen molar-refractivity contribution in [3.05, 3.63) is 154 Å². The molecule has 5 heterocycles. The first kappa shape index (κ1) is 45.7. The predicted octanol–water partition coefficient (Wildman–Crippen LogP) is 9.53. The van der Waals surface area contributed by atoms with E-state index in [9.17, 15) is 14.8 Å². The maximum atomic E-state index is 10.9. The van der Waals surface area contributed by atoms with Crippen molar-refractivity contribution in [2.75, 3.05) is 0 Å². The first-order valence-electron chi connectivity index (χ1n) is 19.3. The van der Waals surface area contributed by atoms with Gasteiger partial charge in [0, 0.05) is 45.9 Å².